The molecule has 104 valence electrons. The van der Waals surface area contributed by atoms with Crippen molar-refractivity contribution in [3.05, 3.63) is 0 Å². The molecular formula is C13H24N2O2S. The summed E-state index contributed by atoms with van der Waals surface area (Å²) in [6.07, 6.45) is 5.89. The molecule has 0 radical (unpaired) electrons. The van der Waals surface area contributed by atoms with Gasteiger partial charge in [-0.05, 0) is 39.2 Å². The fraction of sp³-hybridized carbons (Fsp3) is 1.00. The van der Waals surface area contributed by atoms with Gasteiger partial charge in [0.05, 0.1) is 11.5 Å². The largest absolute Gasteiger partial charge is 0.306 e. The Bertz CT molecular complexity index is 423. The molecule has 4 nitrogen and oxygen atoms in total. The summed E-state index contributed by atoms with van der Waals surface area (Å²) in [6.45, 7) is 4.51. The summed E-state index contributed by atoms with van der Waals surface area (Å²) in [5, 5.41) is 3.69. The van der Waals surface area contributed by atoms with Crippen LogP contribution in [0.2, 0.25) is 0 Å². The minimum atomic E-state index is -2.80. The van der Waals surface area contributed by atoms with Gasteiger partial charge in [-0.2, -0.15) is 0 Å². The van der Waals surface area contributed by atoms with E-state index in [2.05, 4.69) is 17.1 Å². The summed E-state index contributed by atoms with van der Waals surface area (Å²) < 4.78 is 23.3. The summed E-state index contributed by atoms with van der Waals surface area (Å²) in [7, 11) is -2.80. The van der Waals surface area contributed by atoms with Crippen LogP contribution in [0.5, 0.6) is 0 Å². The van der Waals surface area contributed by atoms with Crippen molar-refractivity contribution < 1.29 is 8.42 Å². The smallest absolute Gasteiger partial charge is 0.152 e. The van der Waals surface area contributed by atoms with Crippen LogP contribution in [0.1, 0.15) is 39.0 Å². The number of hydrogen-bond donors (Lipinski definition) is 1. The van der Waals surface area contributed by atoms with E-state index < -0.39 is 9.84 Å². The lowest BCUT2D eigenvalue weighted by molar-refractivity contribution is 0.169. The molecule has 18 heavy (non-hydrogen) atoms. The van der Waals surface area contributed by atoms with Crippen LogP contribution in [0.15, 0.2) is 0 Å². The van der Waals surface area contributed by atoms with Crippen molar-refractivity contribution in [3.8, 4) is 0 Å². The van der Waals surface area contributed by atoms with Crippen LogP contribution in [0.25, 0.3) is 0 Å². The molecule has 0 aromatic rings. The van der Waals surface area contributed by atoms with Gasteiger partial charge in [0.2, 0.25) is 0 Å². The van der Waals surface area contributed by atoms with E-state index in [1.165, 1.54) is 38.8 Å². The fourth-order valence-corrected chi connectivity index (χ4v) is 6.09. The molecule has 0 spiro atoms. The predicted molar refractivity (Wildman–Crippen MR) is 72.4 cm³/mol. The Kier molecular flexibility index (Phi) is 3.19. The SMILES string of the molecule is CC1(NC2CCN3CCCCC23)CCS(=O)(=O)C1. The Morgan fingerprint density at radius 1 is 1.22 bits per heavy atom. The maximum absolute atomic E-state index is 11.7. The van der Waals surface area contributed by atoms with Gasteiger partial charge in [-0.1, -0.05) is 6.42 Å². The van der Waals surface area contributed by atoms with Crippen LogP contribution in [0.3, 0.4) is 0 Å². The third kappa shape index (κ3) is 2.45. The molecule has 3 fully saturated rings. The van der Waals surface area contributed by atoms with Gasteiger partial charge < -0.3 is 5.32 Å². The second-order valence-corrected chi connectivity index (χ2v) is 8.73. The van der Waals surface area contributed by atoms with Gasteiger partial charge in [0.15, 0.2) is 9.84 Å². The minimum Gasteiger partial charge on any atom is -0.306 e. The number of hydrogen-bond acceptors (Lipinski definition) is 4. The van der Waals surface area contributed by atoms with Gasteiger partial charge in [0.1, 0.15) is 0 Å². The number of fused-ring (bicyclic) bond motifs is 1. The van der Waals surface area contributed by atoms with Gasteiger partial charge in [-0.3, -0.25) is 4.90 Å². The van der Waals surface area contributed by atoms with E-state index >= 15 is 0 Å². The van der Waals surface area contributed by atoms with E-state index in [1.807, 2.05) is 0 Å². The van der Waals surface area contributed by atoms with Gasteiger partial charge in [-0.15, -0.1) is 0 Å². The van der Waals surface area contributed by atoms with Gasteiger partial charge in [-0.25, -0.2) is 8.42 Å². The molecule has 3 heterocycles. The maximum atomic E-state index is 11.7. The molecule has 3 rings (SSSR count). The molecule has 0 amide bonds. The summed E-state index contributed by atoms with van der Waals surface area (Å²) in [6, 6.07) is 1.16. The summed E-state index contributed by atoms with van der Waals surface area (Å²) in [5.41, 5.74) is -0.184. The van der Waals surface area contributed by atoms with Gasteiger partial charge >= 0.3 is 0 Å². The van der Waals surface area contributed by atoms with E-state index in [4.69, 9.17) is 0 Å². The zero-order valence-corrected chi connectivity index (χ0v) is 12.0. The molecule has 0 bridgehead atoms. The van der Waals surface area contributed by atoms with E-state index in [0.717, 1.165) is 6.42 Å². The van der Waals surface area contributed by atoms with Crippen molar-refractivity contribution in [2.75, 3.05) is 24.6 Å². The lowest BCUT2D eigenvalue weighted by atomic mass is 9.94. The quantitative estimate of drug-likeness (QED) is 0.807. The first-order valence-corrected chi connectivity index (χ1v) is 9.02. The molecule has 3 atom stereocenters. The Labute approximate surface area is 110 Å². The third-order valence-corrected chi connectivity index (χ3v) is 6.80. The van der Waals surface area contributed by atoms with Crippen molar-refractivity contribution >= 4 is 9.84 Å². The monoisotopic (exact) mass is 272 g/mol. The second kappa shape index (κ2) is 4.46. The molecule has 3 aliphatic heterocycles. The lowest BCUT2D eigenvalue weighted by Gasteiger charge is -2.36. The van der Waals surface area contributed by atoms with Crippen LogP contribution in [0.4, 0.5) is 0 Å². The summed E-state index contributed by atoms with van der Waals surface area (Å²) >= 11 is 0. The average Bonchev–Trinajstić information content (AvgIpc) is 2.82. The highest BCUT2D eigenvalue weighted by Gasteiger charge is 2.43. The van der Waals surface area contributed by atoms with Crippen LogP contribution in [-0.2, 0) is 9.84 Å². The maximum Gasteiger partial charge on any atom is 0.152 e. The third-order valence-electron chi connectivity index (χ3n) is 4.89. The van der Waals surface area contributed by atoms with E-state index in [1.54, 1.807) is 0 Å². The first kappa shape index (κ1) is 12.9. The highest BCUT2D eigenvalue weighted by molar-refractivity contribution is 7.91. The number of nitrogens with one attached hydrogen (secondary N) is 1. The van der Waals surface area contributed by atoms with Crippen molar-refractivity contribution in [1.82, 2.24) is 10.2 Å². The fourth-order valence-electron chi connectivity index (χ4n) is 3.99. The minimum absolute atomic E-state index is 0.184. The molecule has 3 saturated heterocycles. The van der Waals surface area contributed by atoms with Crippen molar-refractivity contribution in [2.24, 2.45) is 0 Å². The molecule has 5 heteroatoms. The van der Waals surface area contributed by atoms with Crippen LogP contribution in [-0.4, -0.2) is 55.5 Å². The average molecular weight is 272 g/mol. The zero-order valence-electron chi connectivity index (χ0n) is 11.2. The molecular weight excluding hydrogens is 248 g/mol. The van der Waals surface area contributed by atoms with Crippen LogP contribution < -0.4 is 5.32 Å². The standard InChI is InChI=1S/C13H24N2O2S/c1-13(6-9-18(16,17)10-13)14-11-5-8-15-7-3-2-4-12(11)15/h11-12,14H,2-10H2,1H3. The van der Waals surface area contributed by atoms with Gasteiger partial charge in [0, 0.05) is 24.2 Å². The molecule has 0 aromatic carbocycles. The number of nitrogens with zero attached hydrogens (tertiary/aromatic N) is 1. The van der Waals surface area contributed by atoms with Crippen molar-refractivity contribution in [3.63, 3.8) is 0 Å². The zero-order chi connectivity index (χ0) is 12.8. The normalized spacial score (nSPS) is 44.1. The molecule has 0 saturated carbocycles. The Hall–Kier alpha value is -0.130. The van der Waals surface area contributed by atoms with E-state index in [0.29, 0.717) is 23.6 Å². The lowest BCUT2D eigenvalue weighted by Crippen LogP contribution is -2.54. The van der Waals surface area contributed by atoms with E-state index in [-0.39, 0.29) is 5.54 Å². The summed E-state index contributed by atoms with van der Waals surface area (Å²) in [5.74, 6) is 0.681. The highest BCUT2D eigenvalue weighted by Crippen LogP contribution is 2.31. The molecule has 0 aromatic heterocycles. The summed E-state index contributed by atoms with van der Waals surface area (Å²) in [4.78, 5) is 2.59. The number of rotatable bonds is 2. The Balaban J connectivity index is 1.66. The molecule has 1 N–H and O–H groups in total. The predicted octanol–water partition coefficient (Wildman–Crippen LogP) is 0.780. The first-order chi connectivity index (χ1) is 8.48. The Morgan fingerprint density at radius 2 is 2.06 bits per heavy atom. The number of sulfone groups is 1. The van der Waals surface area contributed by atoms with Crippen LogP contribution >= 0.6 is 0 Å². The van der Waals surface area contributed by atoms with Crippen molar-refractivity contribution in [1.29, 1.82) is 0 Å². The molecule has 3 unspecified atom stereocenters. The van der Waals surface area contributed by atoms with Crippen LogP contribution in [0, 0.1) is 0 Å². The molecule has 3 aliphatic rings. The van der Waals surface area contributed by atoms with E-state index in [9.17, 15) is 8.42 Å². The highest BCUT2D eigenvalue weighted by atomic mass is 32.2. The Morgan fingerprint density at radius 3 is 2.78 bits per heavy atom. The topological polar surface area (TPSA) is 49.4 Å². The first-order valence-electron chi connectivity index (χ1n) is 7.20. The van der Waals surface area contributed by atoms with Gasteiger partial charge in [0.25, 0.3) is 0 Å². The second-order valence-electron chi connectivity index (χ2n) is 6.54. The van der Waals surface area contributed by atoms with Crippen molar-refractivity contribution in [2.45, 2.75) is 56.7 Å². The molecule has 0 aliphatic carbocycles. The number of piperidine rings is 1.